The number of rotatable bonds is 5. The maximum atomic E-state index is 13.4. The number of pyridine rings is 1. The number of aromatic nitrogens is 1. The summed E-state index contributed by atoms with van der Waals surface area (Å²) < 4.78 is 1.61. The Hall–Kier alpha value is -2.05. The van der Waals surface area contributed by atoms with Gasteiger partial charge in [0.05, 0.1) is 11.7 Å². The van der Waals surface area contributed by atoms with Crippen LogP contribution in [0.2, 0.25) is 0 Å². The lowest BCUT2D eigenvalue weighted by molar-refractivity contribution is -0.0875. The van der Waals surface area contributed by atoms with Gasteiger partial charge >= 0.3 is 0 Å². The molecule has 174 valence electrons. The lowest BCUT2D eigenvalue weighted by atomic mass is 9.63. The first-order chi connectivity index (χ1) is 14.9. The number of nitrogens with one attached hydrogen (secondary N) is 1. The Labute approximate surface area is 195 Å². The van der Waals surface area contributed by atoms with Crippen molar-refractivity contribution in [3.8, 4) is 5.75 Å². The molecule has 1 atom stereocenters. The van der Waals surface area contributed by atoms with Gasteiger partial charge < -0.3 is 15.0 Å². The fraction of sp³-hybridized carbons (Fsp3) is 0.600. The summed E-state index contributed by atoms with van der Waals surface area (Å²) in [6, 6.07) is 8.16. The number of benzene rings is 1. The summed E-state index contributed by atoms with van der Waals surface area (Å²) in [6.45, 7) is 5.92. The van der Waals surface area contributed by atoms with Crippen molar-refractivity contribution in [2.45, 2.75) is 83.6 Å². The highest BCUT2D eigenvalue weighted by atomic mass is 35.5. The zero-order valence-electron chi connectivity index (χ0n) is 19.1. The van der Waals surface area contributed by atoms with Gasteiger partial charge in [-0.3, -0.25) is 14.5 Å². The summed E-state index contributed by atoms with van der Waals surface area (Å²) in [5.41, 5.74) is 0.0721. The lowest BCUT2D eigenvalue weighted by Gasteiger charge is -2.58. The molecule has 1 amide bonds. The Balaban J connectivity index is 0.00000245. The molecule has 3 heterocycles. The summed E-state index contributed by atoms with van der Waals surface area (Å²) in [6.07, 6.45) is 6.94. The molecule has 2 saturated carbocycles. The van der Waals surface area contributed by atoms with Crippen LogP contribution in [0.3, 0.4) is 0 Å². The second-order valence-corrected chi connectivity index (χ2v) is 10.1. The predicted octanol–water partition coefficient (Wildman–Crippen LogP) is 4.44. The molecule has 2 aliphatic heterocycles. The average molecular weight is 460 g/mol. The van der Waals surface area contributed by atoms with E-state index in [4.69, 9.17) is 0 Å². The van der Waals surface area contributed by atoms with Crippen molar-refractivity contribution in [3.63, 3.8) is 0 Å². The van der Waals surface area contributed by atoms with Crippen molar-refractivity contribution in [1.82, 2.24) is 14.8 Å². The molecule has 6 nitrogen and oxygen atoms in total. The highest BCUT2D eigenvalue weighted by molar-refractivity contribution is 6.02. The molecule has 4 bridgehead atoms. The maximum absolute atomic E-state index is 13.4. The highest BCUT2D eigenvalue weighted by Gasteiger charge is 2.49. The Morgan fingerprint density at radius 3 is 2.25 bits per heavy atom. The Morgan fingerprint density at radius 2 is 1.69 bits per heavy atom. The summed E-state index contributed by atoms with van der Waals surface area (Å²) in [5, 5.41) is 14.6. The monoisotopic (exact) mass is 459 g/mol. The number of hydrogen-bond donors (Lipinski definition) is 2. The number of hydrogen-bond acceptors (Lipinski definition) is 4. The zero-order valence-corrected chi connectivity index (χ0v) is 19.9. The lowest BCUT2D eigenvalue weighted by Crippen LogP contribution is -2.64. The number of piperidine rings is 2. The molecule has 2 aliphatic carbocycles. The predicted molar refractivity (Wildman–Crippen MR) is 129 cm³/mol. The normalized spacial score (nSPS) is 27.5. The van der Waals surface area contributed by atoms with E-state index < -0.39 is 11.5 Å². The van der Waals surface area contributed by atoms with Crippen molar-refractivity contribution in [1.29, 1.82) is 0 Å². The van der Waals surface area contributed by atoms with Crippen LogP contribution in [-0.4, -0.2) is 38.7 Å². The number of halogens is 1. The molecule has 0 radical (unpaired) electrons. The van der Waals surface area contributed by atoms with Crippen LogP contribution < -0.4 is 10.9 Å². The van der Waals surface area contributed by atoms with E-state index in [1.54, 1.807) is 10.6 Å². The molecule has 1 aromatic heterocycles. The van der Waals surface area contributed by atoms with Crippen LogP contribution in [0, 0.1) is 11.8 Å². The van der Waals surface area contributed by atoms with Gasteiger partial charge in [-0.2, -0.15) is 0 Å². The minimum absolute atomic E-state index is 0. The van der Waals surface area contributed by atoms with E-state index in [0.29, 0.717) is 23.0 Å². The van der Waals surface area contributed by atoms with Crippen molar-refractivity contribution in [2.75, 3.05) is 0 Å². The molecule has 2 saturated heterocycles. The molecule has 4 aliphatic rings. The van der Waals surface area contributed by atoms with E-state index in [1.165, 1.54) is 32.1 Å². The van der Waals surface area contributed by atoms with E-state index in [2.05, 4.69) is 17.1 Å². The van der Waals surface area contributed by atoms with Crippen molar-refractivity contribution >= 4 is 29.2 Å². The third kappa shape index (κ3) is 3.61. The molecule has 32 heavy (non-hydrogen) atoms. The number of aromatic hydroxyl groups is 1. The van der Waals surface area contributed by atoms with Crippen LogP contribution >= 0.6 is 12.4 Å². The van der Waals surface area contributed by atoms with Gasteiger partial charge in [0.15, 0.2) is 0 Å². The Morgan fingerprint density at radius 1 is 1.09 bits per heavy atom. The SMILES string of the molecule is CCC(NC(=O)c1c(O)c2ccccc2n(C(C)C)c1=O)N1C2CC3CC(C2)CC1C3.Cl. The van der Waals surface area contributed by atoms with Gasteiger partial charge in [0, 0.05) is 23.5 Å². The number of para-hydroxylation sites is 1. The summed E-state index contributed by atoms with van der Waals surface area (Å²) >= 11 is 0. The fourth-order valence-corrected chi connectivity index (χ4v) is 6.75. The van der Waals surface area contributed by atoms with Gasteiger partial charge in [0.1, 0.15) is 11.3 Å². The second-order valence-electron chi connectivity index (χ2n) is 10.1. The van der Waals surface area contributed by atoms with Gasteiger partial charge in [-0.05, 0) is 76.3 Å². The maximum Gasteiger partial charge on any atom is 0.267 e. The van der Waals surface area contributed by atoms with Crippen LogP contribution in [-0.2, 0) is 0 Å². The summed E-state index contributed by atoms with van der Waals surface area (Å²) in [4.78, 5) is 29.2. The quantitative estimate of drug-likeness (QED) is 0.693. The number of carbonyl (C=O) groups is 1. The molecule has 1 unspecified atom stereocenters. The molecule has 2 aromatic rings. The summed E-state index contributed by atoms with van der Waals surface area (Å²) in [7, 11) is 0. The highest BCUT2D eigenvalue weighted by Crippen LogP contribution is 2.49. The topological polar surface area (TPSA) is 74.6 Å². The van der Waals surface area contributed by atoms with Crippen molar-refractivity contribution < 1.29 is 9.90 Å². The van der Waals surface area contributed by atoms with Crippen LogP contribution in [0.4, 0.5) is 0 Å². The third-order valence-electron chi connectivity index (χ3n) is 7.81. The number of amides is 1. The average Bonchev–Trinajstić information content (AvgIpc) is 2.72. The van der Waals surface area contributed by atoms with E-state index in [1.807, 2.05) is 32.0 Å². The van der Waals surface area contributed by atoms with Gasteiger partial charge in [-0.15, -0.1) is 12.4 Å². The van der Waals surface area contributed by atoms with Gasteiger partial charge in [-0.1, -0.05) is 19.1 Å². The van der Waals surface area contributed by atoms with E-state index in [9.17, 15) is 14.7 Å². The van der Waals surface area contributed by atoms with Crippen LogP contribution in [0.5, 0.6) is 5.75 Å². The van der Waals surface area contributed by atoms with Crippen molar-refractivity contribution in [3.05, 3.63) is 40.2 Å². The van der Waals surface area contributed by atoms with E-state index in [-0.39, 0.29) is 35.9 Å². The first-order valence-corrected chi connectivity index (χ1v) is 11.8. The zero-order chi connectivity index (χ0) is 21.9. The van der Waals surface area contributed by atoms with Gasteiger partial charge in [-0.25, -0.2) is 0 Å². The first-order valence-electron chi connectivity index (χ1n) is 11.8. The molecule has 2 N–H and O–H groups in total. The number of fused-ring (bicyclic) bond motifs is 1. The molecule has 6 rings (SSSR count). The standard InChI is InChI=1S/C25H33N3O3.ClH/c1-4-21(28-17-10-15-9-16(12-17)13-18(28)11-15)26-24(30)22-23(29)19-7-5-6-8-20(19)27(14(2)3)25(22)31;/h5-8,14-18,21,29H,4,9-13H2,1-3H3,(H,26,30);1H. The molecular weight excluding hydrogens is 426 g/mol. The fourth-order valence-electron chi connectivity index (χ4n) is 6.75. The summed E-state index contributed by atoms with van der Waals surface area (Å²) in [5.74, 6) is 0.998. The molecule has 1 aromatic carbocycles. The minimum Gasteiger partial charge on any atom is -0.506 e. The Kier molecular flexibility index (Phi) is 6.29. The van der Waals surface area contributed by atoms with Gasteiger partial charge in [0.25, 0.3) is 11.5 Å². The second kappa shape index (κ2) is 8.71. The third-order valence-corrected chi connectivity index (χ3v) is 7.81. The number of nitrogens with zero attached hydrogens (tertiary/aromatic N) is 2. The first kappa shape index (κ1) is 23.1. The molecule has 4 fully saturated rings. The van der Waals surface area contributed by atoms with Gasteiger partial charge in [0.2, 0.25) is 0 Å². The van der Waals surface area contributed by atoms with E-state index >= 15 is 0 Å². The van der Waals surface area contributed by atoms with Crippen LogP contribution in [0.15, 0.2) is 29.1 Å². The van der Waals surface area contributed by atoms with Crippen LogP contribution in [0.1, 0.15) is 75.7 Å². The minimum atomic E-state index is -0.469. The smallest absolute Gasteiger partial charge is 0.267 e. The number of carbonyl (C=O) groups excluding carboxylic acids is 1. The Bertz CT molecular complexity index is 1050. The molecule has 0 spiro atoms. The van der Waals surface area contributed by atoms with Crippen molar-refractivity contribution in [2.24, 2.45) is 11.8 Å². The van der Waals surface area contributed by atoms with Crippen LogP contribution in [0.25, 0.3) is 10.9 Å². The van der Waals surface area contributed by atoms with E-state index in [0.717, 1.165) is 18.3 Å². The largest absolute Gasteiger partial charge is 0.506 e. The molecular formula is C25H34ClN3O3. The molecule has 7 heteroatoms.